The highest BCUT2D eigenvalue weighted by Crippen LogP contribution is 2.38. The highest BCUT2D eigenvalue weighted by atomic mass is 32.2. The fraction of sp³-hybridized carbons (Fsp3) is 0.474. The zero-order chi connectivity index (χ0) is 18.2. The monoisotopic (exact) mass is 376 g/mol. The molecule has 0 saturated carbocycles. The van der Waals surface area contributed by atoms with Gasteiger partial charge in [-0.25, -0.2) is 12.7 Å². The highest BCUT2D eigenvalue weighted by Gasteiger charge is 2.41. The molecule has 3 heterocycles. The van der Waals surface area contributed by atoms with Crippen LogP contribution in [0.2, 0.25) is 0 Å². The van der Waals surface area contributed by atoms with Crippen molar-refractivity contribution in [1.82, 2.24) is 9.21 Å². The number of para-hydroxylation sites is 1. The normalized spacial score (nSPS) is 23.0. The van der Waals surface area contributed by atoms with E-state index in [9.17, 15) is 8.42 Å². The summed E-state index contributed by atoms with van der Waals surface area (Å²) >= 11 is 0. The summed E-state index contributed by atoms with van der Waals surface area (Å²) < 4.78 is 38.7. The molecule has 0 bridgehead atoms. The van der Waals surface area contributed by atoms with E-state index in [0.29, 0.717) is 18.9 Å². The smallest absolute Gasteiger partial charge is 0.246 e. The lowest BCUT2D eigenvalue weighted by molar-refractivity contribution is 0.0340. The number of hydrogen-bond acceptors (Lipinski definition) is 5. The summed E-state index contributed by atoms with van der Waals surface area (Å²) in [7, 11) is -1.86. The SMILES string of the molecule is CN1CC2(CCN(Cc3ccco3)CC2)COc2ccccc2S1(=O)=O. The van der Waals surface area contributed by atoms with Gasteiger partial charge in [0.05, 0.1) is 19.4 Å². The van der Waals surface area contributed by atoms with Crippen molar-refractivity contribution in [1.29, 1.82) is 0 Å². The first-order valence-corrected chi connectivity index (χ1v) is 10.4. The van der Waals surface area contributed by atoms with E-state index < -0.39 is 10.0 Å². The summed E-state index contributed by atoms with van der Waals surface area (Å²) in [6, 6.07) is 10.8. The van der Waals surface area contributed by atoms with Crippen LogP contribution in [-0.4, -0.2) is 50.9 Å². The van der Waals surface area contributed by atoms with Gasteiger partial charge in [-0.15, -0.1) is 0 Å². The van der Waals surface area contributed by atoms with E-state index in [1.165, 1.54) is 4.31 Å². The van der Waals surface area contributed by atoms with Crippen molar-refractivity contribution in [3.8, 4) is 5.75 Å². The van der Waals surface area contributed by atoms with E-state index in [1.807, 2.05) is 18.2 Å². The van der Waals surface area contributed by atoms with Crippen molar-refractivity contribution in [3.05, 3.63) is 48.4 Å². The third-order valence-electron chi connectivity index (χ3n) is 5.51. The number of hydrogen-bond donors (Lipinski definition) is 0. The van der Waals surface area contributed by atoms with Gasteiger partial charge >= 0.3 is 0 Å². The maximum absolute atomic E-state index is 12.9. The molecule has 0 aliphatic carbocycles. The molecule has 1 aromatic heterocycles. The van der Waals surface area contributed by atoms with E-state index in [0.717, 1.165) is 38.2 Å². The minimum atomic E-state index is -3.53. The molecule has 2 aliphatic heterocycles. The molecule has 1 spiro atoms. The molecule has 7 heteroatoms. The van der Waals surface area contributed by atoms with Crippen LogP contribution < -0.4 is 4.74 Å². The second-order valence-corrected chi connectivity index (χ2v) is 9.37. The molecule has 2 aromatic rings. The fourth-order valence-electron chi connectivity index (χ4n) is 3.90. The van der Waals surface area contributed by atoms with Crippen LogP contribution in [0, 0.1) is 5.41 Å². The van der Waals surface area contributed by atoms with E-state index >= 15 is 0 Å². The van der Waals surface area contributed by atoms with Gasteiger partial charge < -0.3 is 9.15 Å². The summed E-state index contributed by atoms with van der Waals surface area (Å²) in [5, 5.41) is 0. The topological polar surface area (TPSA) is 63.0 Å². The maximum Gasteiger partial charge on any atom is 0.246 e. The van der Waals surface area contributed by atoms with Crippen LogP contribution in [-0.2, 0) is 16.6 Å². The van der Waals surface area contributed by atoms with Crippen molar-refractivity contribution in [2.45, 2.75) is 24.3 Å². The molecule has 26 heavy (non-hydrogen) atoms. The predicted octanol–water partition coefficient (Wildman–Crippen LogP) is 2.57. The van der Waals surface area contributed by atoms with Gasteiger partial charge in [0.1, 0.15) is 16.4 Å². The lowest BCUT2D eigenvalue weighted by atomic mass is 9.79. The number of nitrogens with zero attached hydrogens (tertiary/aromatic N) is 2. The number of likely N-dealkylation sites (tertiary alicyclic amines) is 1. The second-order valence-electron chi connectivity index (χ2n) is 7.35. The Balaban J connectivity index is 1.52. The molecule has 2 aliphatic rings. The number of furan rings is 1. The summed E-state index contributed by atoms with van der Waals surface area (Å²) in [4.78, 5) is 2.61. The van der Waals surface area contributed by atoms with Gasteiger partial charge in [-0.05, 0) is 50.2 Å². The molecule has 0 unspecified atom stereocenters. The molecule has 1 saturated heterocycles. The Hall–Kier alpha value is -1.83. The van der Waals surface area contributed by atoms with Gasteiger partial charge in [0, 0.05) is 19.0 Å². The molecule has 4 rings (SSSR count). The Bertz CT molecular complexity index is 855. The lowest BCUT2D eigenvalue weighted by Crippen LogP contribution is -2.50. The van der Waals surface area contributed by atoms with Crippen LogP contribution in [0.15, 0.2) is 52.0 Å². The maximum atomic E-state index is 12.9. The Morgan fingerprint density at radius 2 is 1.88 bits per heavy atom. The molecule has 0 N–H and O–H groups in total. The Morgan fingerprint density at radius 3 is 2.62 bits per heavy atom. The fourth-order valence-corrected chi connectivity index (χ4v) is 5.31. The van der Waals surface area contributed by atoms with Crippen molar-refractivity contribution in [3.63, 3.8) is 0 Å². The van der Waals surface area contributed by atoms with Crippen LogP contribution in [0.1, 0.15) is 18.6 Å². The van der Waals surface area contributed by atoms with Crippen LogP contribution in [0.3, 0.4) is 0 Å². The summed E-state index contributed by atoms with van der Waals surface area (Å²) in [5.41, 5.74) is -0.158. The van der Waals surface area contributed by atoms with Crippen LogP contribution >= 0.6 is 0 Å². The average molecular weight is 376 g/mol. The third-order valence-corrected chi connectivity index (χ3v) is 7.35. The Morgan fingerprint density at radius 1 is 1.12 bits per heavy atom. The van der Waals surface area contributed by atoms with Crippen molar-refractivity contribution in [2.24, 2.45) is 5.41 Å². The summed E-state index contributed by atoms with van der Waals surface area (Å²) in [6.45, 7) is 3.62. The van der Waals surface area contributed by atoms with E-state index in [4.69, 9.17) is 9.15 Å². The van der Waals surface area contributed by atoms with Crippen molar-refractivity contribution < 1.29 is 17.6 Å². The van der Waals surface area contributed by atoms with Gasteiger partial charge in [-0.3, -0.25) is 4.90 Å². The minimum Gasteiger partial charge on any atom is -0.492 e. The quantitative estimate of drug-likeness (QED) is 0.806. The zero-order valence-corrected chi connectivity index (χ0v) is 15.7. The molecule has 1 aromatic carbocycles. The van der Waals surface area contributed by atoms with Crippen molar-refractivity contribution in [2.75, 3.05) is 33.3 Å². The molecule has 140 valence electrons. The number of benzene rings is 1. The van der Waals surface area contributed by atoms with E-state index in [1.54, 1.807) is 31.5 Å². The van der Waals surface area contributed by atoms with E-state index in [2.05, 4.69) is 4.90 Å². The Labute approximate surface area is 154 Å². The molecule has 0 radical (unpaired) electrons. The number of rotatable bonds is 2. The molecular formula is C19H24N2O4S. The number of sulfonamides is 1. The molecule has 1 fully saturated rings. The Kier molecular flexibility index (Phi) is 4.54. The largest absolute Gasteiger partial charge is 0.492 e. The summed E-state index contributed by atoms with van der Waals surface area (Å²) in [6.07, 6.45) is 3.49. The number of ether oxygens (including phenoxy) is 1. The highest BCUT2D eigenvalue weighted by molar-refractivity contribution is 7.89. The summed E-state index contributed by atoms with van der Waals surface area (Å²) in [5.74, 6) is 1.42. The molecule has 6 nitrogen and oxygen atoms in total. The van der Waals surface area contributed by atoms with Gasteiger partial charge in [0.2, 0.25) is 10.0 Å². The van der Waals surface area contributed by atoms with E-state index in [-0.39, 0.29) is 10.3 Å². The standard InChI is InChI=1S/C19H24N2O4S/c1-20-14-19(8-10-21(11-9-19)13-16-5-4-12-24-16)15-25-17-6-2-3-7-18(17)26(20,22)23/h2-7,12H,8-11,13-15H2,1H3. The first-order valence-electron chi connectivity index (χ1n) is 8.92. The molecular weight excluding hydrogens is 352 g/mol. The number of piperidine rings is 1. The first kappa shape index (κ1) is 17.6. The lowest BCUT2D eigenvalue weighted by Gasteiger charge is -2.44. The van der Waals surface area contributed by atoms with Gasteiger partial charge in [0.25, 0.3) is 0 Å². The average Bonchev–Trinajstić information content (AvgIpc) is 3.14. The van der Waals surface area contributed by atoms with Gasteiger partial charge in [-0.1, -0.05) is 12.1 Å². The van der Waals surface area contributed by atoms with Crippen LogP contribution in [0.5, 0.6) is 5.75 Å². The first-order chi connectivity index (χ1) is 12.5. The third kappa shape index (κ3) is 3.26. The zero-order valence-electron chi connectivity index (χ0n) is 14.9. The predicted molar refractivity (Wildman–Crippen MR) is 97.4 cm³/mol. The minimum absolute atomic E-state index is 0.158. The van der Waals surface area contributed by atoms with Gasteiger partial charge in [-0.2, -0.15) is 0 Å². The second kappa shape index (κ2) is 6.72. The molecule has 0 atom stereocenters. The van der Waals surface area contributed by atoms with Crippen LogP contribution in [0.25, 0.3) is 0 Å². The molecule has 0 amide bonds. The van der Waals surface area contributed by atoms with Crippen molar-refractivity contribution >= 4 is 10.0 Å². The number of fused-ring (bicyclic) bond motifs is 1. The van der Waals surface area contributed by atoms with Crippen LogP contribution in [0.4, 0.5) is 0 Å². The van der Waals surface area contributed by atoms with Gasteiger partial charge in [0.15, 0.2) is 0 Å².